The summed E-state index contributed by atoms with van der Waals surface area (Å²) in [6, 6.07) is 9.43. The van der Waals surface area contributed by atoms with E-state index < -0.39 is 6.40 Å². The van der Waals surface area contributed by atoms with Gasteiger partial charge in [-0.05, 0) is 21.5 Å². The molecule has 0 amide bonds. The van der Waals surface area contributed by atoms with Gasteiger partial charge in [-0.2, -0.15) is 0 Å². The molecule has 0 spiro atoms. The molecular weight excluding hydrogens is 254 g/mol. The fourth-order valence-corrected chi connectivity index (χ4v) is 1.50. The second-order valence-electron chi connectivity index (χ2n) is 3.02. The Kier molecular flexibility index (Phi) is 2.60. The first kappa shape index (κ1) is 8.85. The first-order valence-electron chi connectivity index (χ1n) is 5.01. The molecule has 0 saturated heterocycles. The molecule has 0 bridgehead atoms. The zero-order chi connectivity index (χ0) is 11.5. The molecule has 0 saturated carbocycles. The van der Waals surface area contributed by atoms with Gasteiger partial charge in [0.25, 0.3) is 0 Å². The number of rotatable bonds is 2. The smallest absolute Gasteiger partial charge is 0.145 e. The number of halogens is 1. The number of hydrogen-bond donors (Lipinski definition) is 1. The van der Waals surface area contributed by atoms with Crippen LogP contribution < -0.4 is 5.73 Å². The summed E-state index contributed by atoms with van der Waals surface area (Å²) < 4.78 is 8.68. The van der Waals surface area contributed by atoms with Gasteiger partial charge in [0.1, 0.15) is 10.4 Å². The highest BCUT2D eigenvalue weighted by molar-refractivity contribution is 9.10. The average molecular weight is 265 g/mol. The molecule has 76 valence electrons. The highest BCUT2D eigenvalue weighted by atomic mass is 79.9. The van der Waals surface area contributed by atoms with E-state index in [-0.39, 0.29) is 0 Å². The van der Waals surface area contributed by atoms with Crippen LogP contribution in [0.5, 0.6) is 0 Å². The number of anilines is 1. The molecule has 1 aromatic heterocycles. The van der Waals surface area contributed by atoms with Crippen molar-refractivity contribution in [3.63, 3.8) is 0 Å². The molecule has 15 heavy (non-hydrogen) atoms. The third-order valence-corrected chi connectivity index (χ3v) is 2.28. The van der Waals surface area contributed by atoms with E-state index in [2.05, 4.69) is 25.9 Å². The number of nitrogens with two attached hydrogens (primary N) is 1. The van der Waals surface area contributed by atoms with Crippen molar-refractivity contribution in [1.29, 1.82) is 0 Å². The van der Waals surface area contributed by atoms with Gasteiger partial charge in [0.15, 0.2) is 0 Å². The van der Waals surface area contributed by atoms with Gasteiger partial charge in [-0.1, -0.05) is 30.3 Å². The van der Waals surface area contributed by atoms with E-state index in [0.29, 0.717) is 16.1 Å². The van der Waals surface area contributed by atoms with Crippen LogP contribution >= 0.6 is 15.9 Å². The fourth-order valence-electron chi connectivity index (χ4n) is 1.20. The zero-order valence-electron chi connectivity index (χ0n) is 8.89. The van der Waals surface area contributed by atoms with Gasteiger partial charge in [-0.25, -0.2) is 9.97 Å². The monoisotopic (exact) mass is 264 g/mol. The molecule has 2 aromatic rings. The molecule has 1 unspecified atom stereocenters. The first-order chi connectivity index (χ1) is 7.68. The van der Waals surface area contributed by atoms with Gasteiger partial charge in [-0.3, -0.25) is 0 Å². The first-order valence-corrected chi connectivity index (χ1v) is 5.23. The maximum absolute atomic E-state index is 8.09. The predicted octanol–water partition coefficient (Wildman–Crippen LogP) is 2.41. The van der Waals surface area contributed by atoms with E-state index in [1.165, 1.54) is 6.20 Å². The quantitative estimate of drug-likeness (QED) is 0.907. The molecular formula is C11H10BrN3. The van der Waals surface area contributed by atoms with Gasteiger partial charge in [-0.15, -0.1) is 0 Å². The topological polar surface area (TPSA) is 51.8 Å². The maximum Gasteiger partial charge on any atom is 0.145 e. The van der Waals surface area contributed by atoms with Crippen LogP contribution in [0.2, 0.25) is 0 Å². The number of benzene rings is 1. The van der Waals surface area contributed by atoms with Crippen molar-refractivity contribution in [1.82, 2.24) is 9.97 Å². The van der Waals surface area contributed by atoms with Crippen molar-refractivity contribution >= 4 is 21.7 Å². The van der Waals surface area contributed by atoms with Crippen LogP contribution in [0.4, 0.5) is 5.82 Å². The van der Waals surface area contributed by atoms with Crippen molar-refractivity contribution in [3.8, 4) is 0 Å². The van der Waals surface area contributed by atoms with Crippen LogP contribution in [0.25, 0.3) is 0 Å². The minimum Gasteiger partial charge on any atom is -0.382 e. The summed E-state index contributed by atoms with van der Waals surface area (Å²) >= 11 is 3.22. The van der Waals surface area contributed by atoms with Gasteiger partial charge >= 0.3 is 0 Å². The molecule has 2 N–H and O–H groups in total. The number of nitrogens with zero attached hydrogens (tertiary/aromatic N) is 2. The molecule has 0 aliphatic carbocycles. The van der Waals surface area contributed by atoms with Gasteiger partial charge in [0, 0.05) is 7.77 Å². The molecule has 0 aliphatic rings. The van der Waals surface area contributed by atoms with E-state index in [1.54, 1.807) is 0 Å². The van der Waals surface area contributed by atoms with Crippen LogP contribution in [0, 0.1) is 0 Å². The van der Waals surface area contributed by atoms with E-state index in [0.717, 1.165) is 5.56 Å². The summed E-state index contributed by atoms with van der Waals surface area (Å²) in [4.78, 5) is 8.16. The lowest BCUT2D eigenvalue weighted by Gasteiger charge is -2.04. The van der Waals surface area contributed by atoms with Crippen LogP contribution in [0.15, 0.2) is 41.1 Å². The van der Waals surface area contributed by atoms with Gasteiger partial charge in [0.2, 0.25) is 0 Å². The SMILES string of the molecule is [2H]C(c1ccccc1)c1nc(Br)cnc1N. The molecule has 1 heterocycles. The summed E-state index contributed by atoms with van der Waals surface area (Å²) in [5, 5.41) is 0. The highest BCUT2D eigenvalue weighted by Crippen LogP contribution is 2.14. The van der Waals surface area contributed by atoms with Crippen molar-refractivity contribution < 1.29 is 1.37 Å². The van der Waals surface area contributed by atoms with Crippen LogP contribution in [-0.4, -0.2) is 9.97 Å². The Morgan fingerprint density at radius 3 is 2.80 bits per heavy atom. The summed E-state index contributed by atoms with van der Waals surface area (Å²) in [5.74, 6) is 0.298. The van der Waals surface area contributed by atoms with Crippen molar-refractivity contribution in [3.05, 3.63) is 52.4 Å². The lowest BCUT2D eigenvalue weighted by Crippen LogP contribution is -2.01. The molecule has 0 fully saturated rings. The summed E-state index contributed by atoms with van der Waals surface area (Å²) in [6.45, 7) is 0. The average Bonchev–Trinajstić information content (AvgIpc) is 2.32. The van der Waals surface area contributed by atoms with Crippen LogP contribution in [-0.2, 0) is 6.40 Å². The molecule has 2 rings (SSSR count). The summed E-state index contributed by atoms with van der Waals surface area (Å²) in [5.41, 5.74) is 7.03. The molecule has 3 nitrogen and oxygen atoms in total. The van der Waals surface area contributed by atoms with E-state index in [1.807, 2.05) is 30.3 Å². The predicted molar refractivity (Wildman–Crippen MR) is 63.4 cm³/mol. The minimum absolute atomic E-state index is 0.298. The normalized spacial score (nSPS) is 13.3. The second-order valence-corrected chi connectivity index (χ2v) is 3.83. The van der Waals surface area contributed by atoms with Crippen molar-refractivity contribution in [2.24, 2.45) is 0 Å². The van der Waals surface area contributed by atoms with E-state index >= 15 is 0 Å². The molecule has 1 atom stereocenters. The summed E-state index contributed by atoms with van der Waals surface area (Å²) in [6.07, 6.45) is 0.919. The standard InChI is InChI=1S/C11H10BrN3/c12-10-7-14-11(13)9(15-10)6-8-4-2-1-3-5-8/h1-5,7H,6H2,(H2,13,14)/i6D. The molecule has 1 aromatic carbocycles. The Morgan fingerprint density at radius 2 is 2.07 bits per heavy atom. The van der Waals surface area contributed by atoms with Crippen LogP contribution in [0.1, 0.15) is 12.6 Å². The lowest BCUT2D eigenvalue weighted by atomic mass is 10.1. The summed E-state index contributed by atoms with van der Waals surface area (Å²) in [7, 11) is 0. The molecule has 4 heteroatoms. The van der Waals surface area contributed by atoms with Crippen molar-refractivity contribution in [2.75, 3.05) is 5.73 Å². The Bertz CT molecular complexity index is 490. The Hall–Kier alpha value is -1.42. The Morgan fingerprint density at radius 1 is 1.33 bits per heavy atom. The van der Waals surface area contributed by atoms with Crippen LogP contribution in [0.3, 0.4) is 0 Å². The third-order valence-electron chi connectivity index (χ3n) is 1.90. The second kappa shape index (κ2) is 4.40. The Balaban J connectivity index is 2.41. The largest absolute Gasteiger partial charge is 0.382 e. The molecule has 0 aliphatic heterocycles. The van der Waals surface area contributed by atoms with E-state index in [4.69, 9.17) is 7.10 Å². The minimum atomic E-state index is -0.605. The number of nitrogen functional groups attached to an aromatic ring is 1. The fraction of sp³-hybridized carbons (Fsp3) is 0.0909. The Labute approximate surface area is 97.9 Å². The van der Waals surface area contributed by atoms with E-state index in [9.17, 15) is 0 Å². The van der Waals surface area contributed by atoms with Gasteiger partial charge < -0.3 is 5.73 Å². The zero-order valence-corrected chi connectivity index (χ0v) is 9.48. The van der Waals surface area contributed by atoms with Crippen molar-refractivity contribution in [2.45, 2.75) is 6.40 Å². The third kappa shape index (κ3) is 2.53. The maximum atomic E-state index is 8.09. The highest BCUT2D eigenvalue weighted by Gasteiger charge is 2.04. The van der Waals surface area contributed by atoms with Gasteiger partial charge in [0.05, 0.1) is 11.9 Å². The number of hydrogen-bond acceptors (Lipinski definition) is 3. The number of aromatic nitrogens is 2. The lowest BCUT2D eigenvalue weighted by molar-refractivity contribution is 1.02. The molecule has 0 radical (unpaired) electrons.